The van der Waals surface area contributed by atoms with E-state index in [1.54, 1.807) is 24.3 Å². The molecule has 0 radical (unpaired) electrons. The van der Waals surface area contributed by atoms with Crippen LogP contribution in [0.15, 0.2) is 78.9 Å². The minimum Gasteiger partial charge on any atom is -0.489 e. The number of ether oxygens (including phenoxy) is 1. The molecule has 0 aliphatic carbocycles. The summed E-state index contributed by atoms with van der Waals surface area (Å²) in [6.07, 6.45) is 0. The molecule has 3 aromatic rings. The van der Waals surface area contributed by atoms with Crippen LogP contribution in [-0.2, 0) is 22.7 Å². The average Bonchev–Trinajstić information content (AvgIpc) is 2.73. The van der Waals surface area contributed by atoms with Crippen molar-refractivity contribution in [2.45, 2.75) is 20.1 Å². The molecule has 5 nitrogen and oxygen atoms in total. The number of hydrogen-bond acceptors (Lipinski definition) is 3. The second-order valence-electron chi connectivity index (χ2n) is 6.42. The summed E-state index contributed by atoms with van der Waals surface area (Å²) in [5, 5.41) is 5.19. The van der Waals surface area contributed by atoms with Crippen LogP contribution in [-0.4, -0.2) is 11.8 Å². The molecule has 0 heterocycles. The molecule has 0 aliphatic heterocycles. The van der Waals surface area contributed by atoms with Crippen LogP contribution in [0.25, 0.3) is 0 Å². The van der Waals surface area contributed by atoms with Crippen molar-refractivity contribution in [3.05, 3.63) is 95.6 Å². The van der Waals surface area contributed by atoms with E-state index >= 15 is 0 Å². The van der Waals surface area contributed by atoms with Crippen molar-refractivity contribution in [1.29, 1.82) is 0 Å². The highest BCUT2D eigenvalue weighted by atomic mass is 16.5. The molecule has 0 saturated carbocycles. The third-order valence-electron chi connectivity index (χ3n) is 4.14. The van der Waals surface area contributed by atoms with Gasteiger partial charge in [-0.2, -0.15) is 0 Å². The van der Waals surface area contributed by atoms with Crippen LogP contribution in [0.1, 0.15) is 16.7 Å². The van der Waals surface area contributed by atoms with E-state index in [4.69, 9.17) is 4.74 Å². The number of aryl methyl sites for hydroxylation is 1. The van der Waals surface area contributed by atoms with Gasteiger partial charge < -0.3 is 15.4 Å². The summed E-state index contributed by atoms with van der Waals surface area (Å²) in [6, 6.07) is 24.5. The Morgan fingerprint density at radius 2 is 1.46 bits per heavy atom. The maximum absolute atomic E-state index is 12.0. The van der Waals surface area contributed by atoms with Crippen LogP contribution in [0.3, 0.4) is 0 Å². The lowest BCUT2D eigenvalue weighted by molar-refractivity contribution is -0.136. The fraction of sp³-hybridized carbons (Fsp3) is 0.130. The van der Waals surface area contributed by atoms with Crippen molar-refractivity contribution >= 4 is 17.5 Å². The highest BCUT2D eigenvalue weighted by Gasteiger charge is 2.13. The zero-order valence-corrected chi connectivity index (χ0v) is 15.6. The number of amides is 2. The number of anilines is 1. The zero-order chi connectivity index (χ0) is 19.8. The lowest BCUT2D eigenvalue weighted by atomic mass is 10.1. The van der Waals surface area contributed by atoms with Crippen LogP contribution in [0.2, 0.25) is 0 Å². The molecule has 0 aliphatic rings. The summed E-state index contributed by atoms with van der Waals surface area (Å²) in [5.74, 6) is -0.694. The van der Waals surface area contributed by atoms with Crippen LogP contribution < -0.4 is 15.4 Å². The van der Waals surface area contributed by atoms with Crippen molar-refractivity contribution in [2.75, 3.05) is 5.32 Å². The second kappa shape index (κ2) is 9.37. The summed E-state index contributed by atoms with van der Waals surface area (Å²) >= 11 is 0. The third-order valence-corrected chi connectivity index (χ3v) is 4.14. The first-order valence-electron chi connectivity index (χ1n) is 9.02. The van der Waals surface area contributed by atoms with E-state index in [0.717, 1.165) is 16.7 Å². The van der Waals surface area contributed by atoms with E-state index in [0.29, 0.717) is 24.6 Å². The normalized spacial score (nSPS) is 10.2. The van der Waals surface area contributed by atoms with Gasteiger partial charge in [0.05, 0.1) is 0 Å². The molecule has 28 heavy (non-hydrogen) atoms. The fourth-order valence-corrected chi connectivity index (χ4v) is 2.53. The average molecular weight is 374 g/mol. The van der Waals surface area contributed by atoms with E-state index in [1.165, 1.54) is 0 Å². The van der Waals surface area contributed by atoms with Gasteiger partial charge in [0.25, 0.3) is 0 Å². The van der Waals surface area contributed by atoms with Gasteiger partial charge in [-0.1, -0.05) is 60.2 Å². The molecular formula is C23H22N2O3. The predicted octanol–water partition coefficient (Wildman–Crippen LogP) is 3.83. The van der Waals surface area contributed by atoms with Gasteiger partial charge in [-0.15, -0.1) is 0 Å². The molecule has 0 atom stereocenters. The van der Waals surface area contributed by atoms with Crippen molar-refractivity contribution in [3.63, 3.8) is 0 Å². The first-order chi connectivity index (χ1) is 13.6. The Bertz CT molecular complexity index is 920. The number of hydrogen-bond donors (Lipinski definition) is 2. The standard InChI is InChI=1S/C23H22N2O3/c1-17-7-9-18(10-8-17)15-24-22(26)23(27)25-20-11-13-21(14-12-20)28-16-19-5-3-2-4-6-19/h2-14H,15-16H2,1H3,(H,24,26)(H,25,27). The number of carbonyl (C=O) groups excluding carboxylic acids is 2. The van der Waals surface area contributed by atoms with Crippen molar-refractivity contribution in [2.24, 2.45) is 0 Å². The summed E-state index contributed by atoms with van der Waals surface area (Å²) in [6.45, 7) is 2.76. The molecule has 142 valence electrons. The quantitative estimate of drug-likeness (QED) is 0.645. The molecule has 5 heteroatoms. The number of benzene rings is 3. The lowest BCUT2D eigenvalue weighted by Crippen LogP contribution is -2.34. The summed E-state index contributed by atoms with van der Waals surface area (Å²) < 4.78 is 5.70. The van der Waals surface area contributed by atoms with Gasteiger partial charge in [0, 0.05) is 12.2 Å². The van der Waals surface area contributed by atoms with Crippen LogP contribution in [0, 0.1) is 6.92 Å². The maximum Gasteiger partial charge on any atom is 0.313 e. The summed E-state index contributed by atoms with van der Waals surface area (Å²) in [4.78, 5) is 24.0. The molecule has 0 saturated heterocycles. The van der Waals surface area contributed by atoms with Gasteiger partial charge in [-0.3, -0.25) is 9.59 Å². The summed E-state index contributed by atoms with van der Waals surface area (Å²) in [5.41, 5.74) is 3.68. The van der Waals surface area contributed by atoms with Crippen molar-refractivity contribution < 1.29 is 14.3 Å². The van der Waals surface area contributed by atoms with Gasteiger partial charge >= 0.3 is 11.8 Å². The van der Waals surface area contributed by atoms with Crippen LogP contribution in [0.4, 0.5) is 5.69 Å². The Hall–Kier alpha value is -3.60. The van der Waals surface area contributed by atoms with Crippen molar-refractivity contribution in [3.8, 4) is 5.75 Å². The number of nitrogens with one attached hydrogen (secondary N) is 2. The van der Waals surface area contributed by atoms with Crippen LogP contribution >= 0.6 is 0 Å². The Kier molecular flexibility index (Phi) is 6.41. The van der Waals surface area contributed by atoms with Gasteiger partial charge in [0.2, 0.25) is 0 Å². The Morgan fingerprint density at radius 3 is 2.14 bits per heavy atom. The van der Waals surface area contributed by atoms with Crippen molar-refractivity contribution in [1.82, 2.24) is 5.32 Å². The van der Waals surface area contributed by atoms with Gasteiger partial charge in [0.15, 0.2) is 0 Å². The highest BCUT2D eigenvalue weighted by Crippen LogP contribution is 2.17. The molecule has 0 aromatic heterocycles. The lowest BCUT2D eigenvalue weighted by Gasteiger charge is -2.09. The van der Waals surface area contributed by atoms with Crippen LogP contribution in [0.5, 0.6) is 5.75 Å². The number of rotatable bonds is 6. The minimum atomic E-state index is -0.704. The molecule has 0 fully saturated rings. The molecule has 0 spiro atoms. The number of carbonyl (C=O) groups is 2. The molecule has 2 N–H and O–H groups in total. The molecule has 0 bridgehead atoms. The van der Waals surface area contributed by atoms with E-state index in [1.807, 2.05) is 61.5 Å². The SMILES string of the molecule is Cc1ccc(CNC(=O)C(=O)Nc2ccc(OCc3ccccc3)cc2)cc1. The van der Waals surface area contributed by atoms with Gasteiger partial charge in [0.1, 0.15) is 12.4 Å². The molecular weight excluding hydrogens is 352 g/mol. The zero-order valence-electron chi connectivity index (χ0n) is 15.6. The minimum absolute atomic E-state index is 0.304. The van der Waals surface area contributed by atoms with E-state index < -0.39 is 11.8 Å². The highest BCUT2D eigenvalue weighted by molar-refractivity contribution is 6.39. The van der Waals surface area contributed by atoms with E-state index in [9.17, 15) is 9.59 Å². The maximum atomic E-state index is 12.0. The molecule has 3 rings (SSSR count). The molecule has 3 aromatic carbocycles. The van der Waals surface area contributed by atoms with Gasteiger partial charge in [-0.05, 0) is 42.3 Å². The Labute approximate surface area is 164 Å². The second-order valence-corrected chi connectivity index (χ2v) is 6.42. The molecule has 0 unspecified atom stereocenters. The first-order valence-corrected chi connectivity index (χ1v) is 9.02. The Balaban J connectivity index is 1.46. The van der Waals surface area contributed by atoms with Gasteiger partial charge in [-0.25, -0.2) is 0 Å². The van der Waals surface area contributed by atoms with E-state index in [-0.39, 0.29) is 0 Å². The van der Waals surface area contributed by atoms with E-state index in [2.05, 4.69) is 10.6 Å². The fourth-order valence-electron chi connectivity index (χ4n) is 2.53. The summed E-state index contributed by atoms with van der Waals surface area (Å²) in [7, 11) is 0. The largest absolute Gasteiger partial charge is 0.489 e. The smallest absolute Gasteiger partial charge is 0.313 e. The monoisotopic (exact) mass is 374 g/mol. The topological polar surface area (TPSA) is 67.4 Å². The first kappa shape index (κ1) is 19.2. The predicted molar refractivity (Wildman–Crippen MR) is 109 cm³/mol. The Morgan fingerprint density at radius 1 is 0.786 bits per heavy atom. The third kappa shape index (κ3) is 5.71. The molecule has 2 amide bonds.